The van der Waals surface area contributed by atoms with E-state index in [0.717, 1.165) is 28.0 Å². The highest BCUT2D eigenvalue weighted by Gasteiger charge is 2.18. The lowest BCUT2D eigenvalue weighted by molar-refractivity contribution is 0.819. The van der Waals surface area contributed by atoms with Gasteiger partial charge in [-0.05, 0) is 35.4 Å². The van der Waals surface area contributed by atoms with E-state index in [1.54, 1.807) is 18.0 Å². The van der Waals surface area contributed by atoms with Crippen LogP contribution in [0.3, 0.4) is 0 Å². The minimum absolute atomic E-state index is 0.426. The van der Waals surface area contributed by atoms with E-state index in [0.29, 0.717) is 5.92 Å². The highest BCUT2D eigenvalue weighted by atomic mass is 32.2. The summed E-state index contributed by atoms with van der Waals surface area (Å²) in [6.07, 6.45) is 3.60. The van der Waals surface area contributed by atoms with Crippen molar-refractivity contribution in [3.05, 3.63) is 54.4 Å². The molecule has 0 amide bonds. The third-order valence-electron chi connectivity index (χ3n) is 3.63. The van der Waals surface area contributed by atoms with Crippen LogP contribution in [-0.4, -0.2) is 25.5 Å². The lowest BCUT2D eigenvalue weighted by Crippen LogP contribution is -2.04. The maximum absolute atomic E-state index is 4.43. The van der Waals surface area contributed by atoms with Gasteiger partial charge in [-0.2, -0.15) is 0 Å². The van der Waals surface area contributed by atoms with E-state index in [4.69, 9.17) is 0 Å². The summed E-state index contributed by atoms with van der Waals surface area (Å²) >= 11 is 1.70. The second kappa shape index (κ2) is 6.96. The van der Waals surface area contributed by atoms with Crippen molar-refractivity contribution in [2.24, 2.45) is 0 Å². The Morgan fingerprint density at radius 3 is 2.61 bits per heavy atom. The van der Waals surface area contributed by atoms with Gasteiger partial charge in [-0.25, -0.2) is 0 Å². The van der Waals surface area contributed by atoms with Gasteiger partial charge in [-0.1, -0.05) is 50.7 Å². The normalized spacial score (nSPS) is 11.1. The number of rotatable bonds is 5. The van der Waals surface area contributed by atoms with Crippen LogP contribution in [0.15, 0.2) is 53.9 Å². The molecule has 5 heteroatoms. The summed E-state index contributed by atoms with van der Waals surface area (Å²) in [6.45, 7) is 6.54. The zero-order valence-corrected chi connectivity index (χ0v) is 14.4. The largest absolute Gasteiger partial charge is 0.270 e. The van der Waals surface area contributed by atoms with Gasteiger partial charge in [0.25, 0.3) is 0 Å². The molecule has 3 aromatic rings. The Kier molecular flexibility index (Phi) is 4.76. The molecule has 3 rings (SSSR count). The highest BCUT2D eigenvalue weighted by molar-refractivity contribution is 7.99. The second-order valence-electron chi connectivity index (χ2n) is 5.53. The lowest BCUT2D eigenvalue weighted by atomic mass is 10.0. The maximum atomic E-state index is 4.43. The van der Waals surface area contributed by atoms with Crippen molar-refractivity contribution in [1.29, 1.82) is 0 Å². The molecule has 0 aliphatic rings. The van der Waals surface area contributed by atoms with Gasteiger partial charge in [-0.15, -0.1) is 10.2 Å². The highest BCUT2D eigenvalue weighted by Crippen LogP contribution is 2.31. The third kappa shape index (κ3) is 3.15. The van der Waals surface area contributed by atoms with Crippen molar-refractivity contribution < 1.29 is 0 Å². The van der Waals surface area contributed by atoms with Crippen LogP contribution in [0.5, 0.6) is 0 Å². The molecule has 23 heavy (non-hydrogen) atoms. The molecule has 2 aromatic heterocycles. The number of para-hydroxylation sites is 1. The Balaban J connectivity index is 2.23. The minimum atomic E-state index is 0.426. The number of hydrogen-bond acceptors (Lipinski definition) is 4. The molecule has 2 heterocycles. The van der Waals surface area contributed by atoms with E-state index in [1.807, 2.05) is 18.3 Å². The molecule has 0 aliphatic heterocycles. The molecule has 0 saturated carbocycles. The van der Waals surface area contributed by atoms with E-state index >= 15 is 0 Å². The Morgan fingerprint density at radius 1 is 1.09 bits per heavy atom. The summed E-state index contributed by atoms with van der Waals surface area (Å²) in [5, 5.41) is 9.76. The number of aromatic nitrogens is 4. The monoisotopic (exact) mass is 324 g/mol. The van der Waals surface area contributed by atoms with Crippen LogP contribution in [-0.2, 0) is 0 Å². The fourth-order valence-electron chi connectivity index (χ4n) is 2.57. The molecule has 4 nitrogen and oxygen atoms in total. The Labute approximate surface area is 141 Å². The summed E-state index contributed by atoms with van der Waals surface area (Å²) in [5.74, 6) is 2.21. The predicted molar refractivity (Wildman–Crippen MR) is 95.1 cm³/mol. The summed E-state index contributed by atoms with van der Waals surface area (Å²) in [6, 6.07) is 12.4. The third-order valence-corrected chi connectivity index (χ3v) is 4.44. The van der Waals surface area contributed by atoms with Crippen LogP contribution in [0.1, 0.15) is 32.3 Å². The molecule has 0 fully saturated rings. The fourth-order valence-corrected chi connectivity index (χ4v) is 3.24. The molecular formula is C18H20N4S. The Hall–Kier alpha value is -2.14. The van der Waals surface area contributed by atoms with Gasteiger partial charge >= 0.3 is 0 Å². The summed E-state index contributed by atoms with van der Waals surface area (Å²) in [4.78, 5) is 4.22. The van der Waals surface area contributed by atoms with Gasteiger partial charge in [0, 0.05) is 18.0 Å². The summed E-state index contributed by atoms with van der Waals surface area (Å²) in [7, 11) is 0. The molecule has 0 spiro atoms. The zero-order valence-electron chi connectivity index (χ0n) is 13.6. The van der Waals surface area contributed by atoms with Crippen LogP contribution >= 0.6 is 11.8 Å². The van der Waals surface area contributed by atoms with Crippen LogP contribution in [0.25, 0.3) is 17.1 Å². The van der Waals surface area contributed by atoms with Crippen LogP contribution in [0.2, 0.25) is 0 Å². The zero-order chi connectivity index (χ0) is 16.2. The van der Waals surface area contributed by atoms with Crippen molar-refractivity contribution >= 4 is 11.8 Å². The van der Waals surface area contributed by atoms with Gasteiger partial charge in [0.2, 0.25) is 0 Å². The lowest BCUT2D eigenvalue weighted by Gasteiger charge is -2.16. The number of hydrogen-bond donors (Lipinski definition) is 0. The molecule has 0 saturated heterocycles. The van der Waals surface area contributed by atoms with Crippen LogP contribution in [0, 0.1) is 0 Å². The average Bonchev–Trinajstić information content (AvgIpc) is 2.99. The van der Waals surface area contributed by atoms with Crippen molar-refractivity contribution in [2.45, 2.75) is 31.8 Å². The second-order valence-corrected chi connectivity index (χ2v) is 6.76. The first kappa shape index (κ1) is 15.7. The first-order valence-electron chi connectivity index (χ1n) is 7.80. The van der Waals surface area contributed by atoms with E-state index < -0.39 is 0 Å². The molecule has 0 bridgehead atoms. The number of nitrogens with zero attached hydrogens (tertiary/aromatic N) is 4. The first-order valence-corrected chi connectivity index (χ1v) is 8.78. The summed E-state index contributed by atoms with van der Waals surface area (Å²) < 4.78 is 2.15. The van der Waals surface area contributed by atoms with Gasteiger partial charge in [0.05, 0.1) is 5.69 Å². The van der Waals surface area contributed by atoms with Gasteiger partial charge < -0.3 is 0 Å². The van der Waals surface area contributed by atoms with Crippen LogP contribution in [0.4, 0.5) is 0 Å². The van der Waals surface area contributed by atoms with Gasteiger partial charge in [0.15, 0.2) is 11.0 Å². The average molecular weight is 324 g/mol. The first-order chi connectivity index (χ1) is 11.2. The maximum Gasteiger partial charge on any atom is 0.196 e. The smallest absolute Gasteiger partial charge is 0.196 e. The van der Waals surface area contributed by atoms with Crippen molar-refractivity contribution in [3.8, 4) is 17.1 Å². The molecule has 0 N–H and O–H groups in total. The molecule has 118 valence electrons. The quantitative estimate of drug-likeness (QED) is 0.645. The Morgan fingerprint density at radius 2 is 1.91 bits per heavy atom. The standard InChI is InChI=1S/C18H20N4S/c1-4-23-18-21-20-17(14-8-7-11-19-12-14)22(18)16-10-6-5-9-15(16)13(2)3/h5-13H,4H2,1-3H3. The molecular weight excluding hydrogens is 304 g/mol. The number of benzene rings is 1. The Bertz CT molecular complexity index is 781. The summed E-state index contributed by atoms with van der Waals surface area (Å²) in [5.41, 5.74) is 3.40. The topological polar surface area (TPSA) is 43.6 Å². The van der Waals surface area contributed by atoms with Gasteiger partial charge in [0.1, 0.15) is 0 Å². The predicted octanol–water partition coefficient (Wildman–Crippen LogP) is 4.56. The van der Waals surface area contributed by atoms with Crippen molar-refractivity contribution in [2.75, 3.05) is 5.75 Å². The fraction of sp³-hybridized carbons (Fsp3) is 0.278. The van der Waals surface area contributed by atoms with E-state index in [2.05, 4.69) is 64.8 Å². The van der Waals surface area contributed by atoms with Gasteiger partial charge in [-0.3, -0.25) is 9.55 Å². The number of pyridine rings is 1. The molecule has 0 radical (unpaired) electrons. The SMILES string of the molecule is CCSc1nnc(-c2cccnc2)n1-c1ccccc1C(C)C. The van der Waals surface area contributed by atoms with Crippen molar-refractivity contribution in [1.82, 2.24) is 19.7 Å². The molecule has 0 atom stereocenters. The van der Waals surface area contributed by atoms with Crippen LogP contribution < -0.4 is 0 Å². The minimum Gasteiger partial charge on any atom is -0.270 e. The number of thioether (sulfide) groups is 1. The van der Waals surface area contributed by atoms with E-state index in [1.165, 1.54) is 5.56 Å². The molecule has 1 aromatic carbocycles. The van der Waals surface area contributed by atoms with E-state index in [-0.39, 0.29) is 0 Å². The van der Waals surface area contributed by atoms with E-state index in [9.17, 15) is 0 Å². The molecule has 0 unspecified atom stereocenters. The van der Waals surface area contributed by atoms with Crippen molar-refractivity contribution in [3.63, 3.8) is 0 Å². The molecule has 0 aliphatic carbocycles.